The summed E-state index contributed by atoms with van der Waals surface area (Å²) in [6.07, 6.45) is 2.74. The lowest BCUT2D eigenvalue weighted by molar-refractivity contribution is -0.151. The maximum atomic E-state index is 12.6. The molecule has 2 fully saturated rings. The molecule has 1 unspecified atom stereocenters. The largest absolute Gasteiger partial charge is 0.481 e. The molecule has 2 aliphatic rings. The lowest BCUT2D eigenvalue weighted by Crippen LogP contribution is -2.51. The summed E-state index contributed by atoms with van der Waals surface area (Å²) in [5, 5.41) is 12.7. The molecule has 2 saturated heterocycles. The molecule has 0 aliphatic carbocycles. The van der Waals surface area contributed by atoms with Gasteiger partial charge in [0.25, 0.3) is 0 Å². The second-order valence-corrected chi connectivity index (χ2v) is 6.69. The van der Waals surface area contributed by atoms with Gasteiger partial charge in [0.05, 0.1) is 5.41 Å². The average Bonchev–Trinajstić information content (AvgIpc) is 2.75. The van der Waals surface area contributed by atoms with Crippen molar-refractivity contribution in [2.24, 2.45) is 11.3 Å². The van der Waals surface area contributed by atoms with Crippen molar-refractivity contribution in [3.63, 3.8) is 0 Å². The van der Waals surface area contributed by atoms with Gasteiger partial charge in [-0.1, -0.05) is 0 Å². The zero-order valence-electron chi connectivity index (χ0n) is 13.1. The van der Waals surface area contributed by atoms with Crippen molar-refractivity contribution in [2.45, 2.75) is 33.1 Å². The molecule has 2 aliphatic heterocycles. The fraction of sp³-hybridized carbons (Fsp3) is 0.867. The number of hydrogen-bond acceptors (Lipinski definition) is 3. The summed E-state index contributed by atoms with van der Waals surface area (Å²) in [6.45, 7) is 8.16. The number of amides is 2. The van der Waals surface area contributed by atoms with E-state index in [1.807, 2.05) is 9.80 Å². The van der Waals surface area contributed by atoms with Gasteiger partial charge < -0.3 is 20.2 Å². The molecule has 0 aromatic rings. The van der Waals surface area contributed by atoms with Crippen LogP contribution in [-0.4, -0.2) is 66.2 Å². The molecular formula is C15H27N3O3. The van der Waals surface area contributed by atoms with Crippen LogP contribution in [0.25, 0.3) is 0 Å². The molecule has 2 amide bonds. The first kappa shape index (κ1) is 16.1. The number of nitrogens with zero attached hydrogens (tertiary/aromatic N) is 2. The summed E-state index contributed by atoms with van der Waals surface area (Å²) in [4.78, 5) is 27.8. The fourth-order valence-electron chi connectivity index (χ4n) is 3.15. The van der Waals surface area contributed by atoms with E-state index in [0.29, 0.717) is 6.54 Å². The maximum absolute atomic E-state index is 12.6. The van der Waals surface area contributed by atoms with E-state index in [4.69, 9.17) is 0 Å². The summed E-state index contributed by atoms with van der Waals surface area (Å²) < 4.78 is 0. The molecule has 120 valence electrons. The van der Waals surface area contributed by atoms with Crippen molar-refractivity contribution >= 4 is 12.0 Å². The van der Waals surface area contributed by atoms with E-state index < -0.39 is 11.4 Å². The van der Waals surface area contributed by atoms with Crippen molar-refractivity contribution < 1.29 is 14.7 Å². The quantitative estimate of drug-likeness (QED) is 0.804. The zero-order chi connectivity index (χ0) is 15.5. The maximum Gasteiger partial charge on any atom is 0.320 e. The lowest BCUT2D eigenvalue weighted by Gasteiger charge is -2.40. The van der Waals surface area contributed by atoms with Crippen LogP contribution in [0.1, 0.15) is 33.1 Å². The Labute approximate surface area is 126 Å². The Morgan fingerprint density at radius 2 is 1.81 bits per heavy atom. The van der Waals surface area contributed by atoms with Gasteiger partial charge in [0.2, 0.25) is 0 Å². The van der Waals surface area contributed by atoms with Gasteiger partial charge >= 0.3 is 12.0 Å². The third kappa shape index (κ3) is 3.67. The van der Waals surface area contributed by atoms with Crippen molar-refractivity contribution in [3.8, 4) is 0 Å². The standard InChI is InChI=1S/C15H27N3O3/c1-15(2,13(19)20)12-5-3-8-18(11-12)14(21)17-9-4-6-16-7-10-17/h12,16H,3-11H2,1-2H3,(H,19,20). The number of urea groups is 1. The topological polar surface area (TPSA) is 72.9 Å². The van der Waals surface area contributed by atoms with E-state index in [0.717, 1.165) is 52.0 Å². The van der Waals surface area contributed by atoms with Gasteiger partial charge in [0.1, 0.15) is 0 Å². The summed E-state index contributed by atoms with van der Waals surface area (Å²) in [7, 11) is 0. The molecule has 1 atom stereocenters. The predicted molar refractivity (Wildman–Crippen MR) is 80.2 cm³/mol. The van der Waals surface area contributed by atoms with Crippen LogP contribution in [-0.2, 0) is 4.79 Å². The normalized spacial score (nSPS) is 24.6. The number of carbonyl (C=O) groups excluding carboxylic acids is 1. The molecule has 0 radical (unpaired) electrons. The van der Waals surface area contributed by atoms with E-state index in [1.165, 1.54) is 0 Å². The second kappa shape index (κ2) is 6.64. The summed E-state index contributed by atoms with van der Waals surface area (Å²) in [6, 6.07) is 0.0737. The van der Waals surface area contributed by atoms with Gasteiger partial charge in [-0.25, -0.2) is 4.79 Å². The van der Waals surface area contributed by atoms with Gasteiger partial charge in [-0.2, -0.15) is 0 Å². The molecule has 2 heterocycles. The van der Waals surface area contributed by atoms with E-state index in [2.05, 4.69) is 5.32 Å². The van der Waals surface area contributed by atoms with Crippen LogP contribution in [0.4, 0.5) is 4.79 Å². The van der Waals surface area contributed by atoms with Crippen LogP contribution < -0.4 is 5.32 Å². The van der Waals surface area contributed by atoms with Crippen molar-refractivity contribution in [1.82, 2.24) is 15.1 Å². The Hall–Kier alpha value is -1.30. The number of nitrogens with one attached hydrogen (secondary N) is 1. The molecule has 0 spiro atoms. The molecule has 6 heteroatoms. The number of likely N-dealkylation sites (tertiary alicyclic amines) is 1. The molecule has 2 N–H and O–H groups in total. The second-order valence-electron chi connectivity index (χ2n) is 6.69. The van der Waals surface area contributed by atoms with Crippen LogP contribution in [0.3, 0.4) is 0 Å². The SMILES string of the molecule is CC(C)(C(=O)O)C1CCCN(C(=O)N2CCCNCC2)C1. The average molecular weight is 297 g/mol. The van der Waals surface area contributed by atoms with Crippen LogP contribution in [0.5, 0.6) is 0 Å². The molecule has 2 rings (SSSR count). The summed E-state index contributed by atoms with van der Waals surface area (Å²) in [5.74, 6) is -0.751. The molecule has 0 aromatic heterocycles. The third-order valence-corrected chi connectivity index (χ3v) is 4.87. The first-order valence-electron chi connectivity index (χ1n) is 7.91. The summed E-state index contributed by atoms with van der Waals surface area (Å²) >= 11 is 0. The number of carboxylic acid groups (broad SMARTS) is 1. The first-order valence-corrected chi connectivity index (χ1v) is 7.91. The van der Waals surface area contributed by atoms with Gasteiger partial charge in [-0.15, -0.1) is 0 Å². The van der Waals surface area contributed by atoms with Crippen molar-refractivity contribution in [1.29, 1.82) is 0 Å². The minimum atomic E-state index is -0.778. The van der Waals surface area contributed by atoms with Gasteiger partial charge in [0.15, 0.2) is 0 Å². The molecule has 0 bridgehead atoms. The Morgan fingerprint density at radius 1 is 1.10 bits per heavy atom. The van der Waals surface area contributed by atoms with Crippen LogP contribution in [0.15, 0.2) is 0 Å². The Bertz CT molecular complexity index is 390. The number of carbonyl (C=O) groups is 2. The van der Waals surface area contributed by atoms with Crippen molar-refractivity contribution in [3.05, 3.63) is 0 Å². The van der Waals surface area contributed by atoms with E-state index in [9.17, 15) is 14.7 Å². The van der Waals surface area contributed by atoms with Gasteiger partial charge in [-0.05, 0) is 45.6 Å². The highest BCUT2D eigenvalue weighted by Crippen LogP contribution is 2.34. The lowest BCUT2D eigenvalue weighted by atomic mass is 9.74. The van der Waals surface area contributed by atoms with E-state index in [1.54, 1.807) is 13.8 Å². The van der Waals surface area contributed by atoms with E-state index in [-0.39, 0.29) is 11.9 Å². The number of rotatable bonds is 2. The highest BCUT2D eigenvalue weighted by molar-refractivity contribution is 5.76. The molecular weight excluding hydrogens is 270 g/mol. The first-order chi connectivity index (χ1) is 9.93. The van der Waals surface area contributed by atoms with Gasteiger partial charge in [0, 0.05) is 32.7 Å². The Kier molecular flexibility index (Phi) is 5.08. The monoisotopic (exact) mass is 297 g/mol. The molecule has 0 aromatic carbocycles. The van der Waals surface area contributed by atoms with Crippen LogP contribution in [0, 0.1) is 11.3 Å². The minimum absolute atomic E-state index is 0.0257. The van der Waals surface area contributed by atoms with Gasteiger partial charge in [-0.3, -0.25) is 4.79 Å². The summed E-state index contributed by atoms with van der Waals surface area (Å²) in [5.41, 5.74) is -0.778. The zero-order valence-corrected chi connectivity index (χ0v) is 13.1. The Morgan fingerprint density at radius 3 is 2.52 bits per heavy atom. The van der Waals surface area contributed by atoms with E-state index >= 15 is 0 Å². The molecule has 0 saturated carbocycles. The highest BCUT2D eigenvalue weighted by Gasteiger charge is 2.40. The Balaban J connectivity index is 1.99. The molecule has 21 heavy (non-hydrogen) atoms. The number of piperidine rings is 1. The fourth-order valence-corrected chi connectivity index (χ4v) is 3.15. The number of aliphatic carboxylic acids is 1. The van der Waals surface area contributed by atoms with Crippen LogP contribution in [0.2, 0.25) is 0 Å². The smallest absolute Gasteiger partial charge is 0.320 e. The van der Waals surface area contributed by atoms with Crippen LogP contribution >= 0.6 is 0 Å². The third-order valence-electron chi connectivity index (χ3n) is 4.87. The van der Waals surface area contributed by atoms with Crippen molar-refractivity contribution in [2.75, 3.05) is 39.3 Å². The molecule has 6 nitrogen and oxygen atoms in total. The minimum Gasteiger partial charge on any atom is -0.481 e. The number of hydrogen-bond donors (Lipinski definition) is 2. The highest BCUT2D eigenvalue weighted by atomic mass is 16.4. The number of carboxylic acids is 1. The predicted octanol–water partition coefficient (Wildman–Crippen LogP) is 1.22.